The fourth-order valence-electron chi connectivity index (χ4n) is 5.25. The normalized spacial score (nSPS) is 14.5. The van der Waals surface area contributed by atoms with E-state index in [0.717, 1.165) is 38.7 Å². The molecule has 1 unspecified atom stereocenters. The number of hydrogen-bond donors (Lipinski definition) is 0. The van der Waals surface area contributed by atoms with Crippen LogP contribution in [0.25, 0.3) is 0 Å². The Bertz CT molecular complexity index is 760. The lowest BCUT2D eigenvalue weighted by Gasteiger charge is -2.22. The summed E-state index contributed by atoms with van der Waals surface area (Å²) in [6.07, 6.45) is 14.8. The highest BCUT2D eigenvalue weighted by molar-refractivity contribution is 5.69. The van der Waals surface area contributed by atoms with Gasteiger partial charge in [-0.25, -0.2) is 0 Å². The van der Waals surface area contributed by atoms with Crippen molar-refractivity contribution in [3.05, 3.63) is 0 Å². The second-order valence-corrected chi connectivity index (χ2v) is 13.2. The van der Waals surface area contributed by atoms with E-state index in [0.29, 0.717) is 158 Å². The fraction of sp³-hybridized carbons (Fsp3) is 0.976. The van der Waals surface area contributed by atoms with Crippen molar-refractivity contribution >= 4 is 5.97 Å². The maximum atomic E-state index is 11.8. The Labute approximate surface area is 338 Å². The Balaban J connectivity index is 1.61. The maximum absolute atomic E-state index is 11.8. The predicted molar refractivity (Wildman–Crippen MR) is 211 cm³/mol. The van der Waals surface area contributed by atoms with E-state index in [-0.39, 0.29) is 18.9 Å². The van der Waals surface area contributed by atoms with E-state index < -0.39 is 0 Å². The lowest BCUT2D eigenvalue weighted by molar-refractivity contribution is -0.169. The molecule has 0 aliphatic carbocycles. The first-order valence-corrected chi connectivity index (χ1v) is 21.6. The highest BCUT2D eigenvalue weighted by Gasteiger charge is 2.13. The van der Waals surface area contributed by atoms with Crippen molar-refractivity contribution in [1.29, 1.82) is 0 Å². The van der Waals surface area contributed by atoms with Crippen molar-refractivity contribution in [3.63, 3.8) is 0 Å². The molecule has 0 N–H and O–H groups in total. The summed E-state index contributed by atoms with van der Waals surface area (Å²) in [6.45, 7) is 14.8. The summed E-state index contributed by atoms with van der Waals surface area (Å²) in [5, 5.41) is 0. The van der Waals surface area contributed by atoms with Crippen LogP contribution < -0.4 is 0 Å². The summed E-state index contributed by atoms with van der Waals surface area (Å²) in [4.78, 5) is 11.8. The van der Waals surface area contributed by atoms with Crippen LogP contribution in [0.3, 0.4) is 0 Å². The van der Waals surface area contributed by atoms with E-state index in [1.165, 1.54) is 44.9 Å². The topological polar surface area (TPSA) is 146 Å². The third-order valence-corrected chi connectivity index (χ3v) is 8.36. The summed E-state index contributed by atoms with van der Waals surface area (Å²) in [5.74, 6) is -0.137. The monoisotopic (exact) mass is 813 g/mol. The van der Waals surface area contributed by atoms with Gasteiger partial charge in [0.1, 0.15) is 6.61 Å². The van der Waals surface area contributed by atoms with E-state index >= 15 is 0 Å². The lowest BCUT2D eigenvalue weighted by Crippen LogP contribution is -2.24. The predicted octanol–water partition coefficient (Wildman–Crippen LogP) is 5.18. The molecule has 1 heterocycles. The number of rotatable bonds is 47. The maximum Gasteiger partial charge on any atom is 0.305 e. The molecule has 1 aliphatic heterocycles. The quantitative estimate of drug-likeness (QED) is 0.0588. The minimum Gasteiger partial charge on any atom is -0.463 e. The Hall–Kier alpha value is -1.05. The smallest absolute Gasteiger partial charge is 0.305 e. The Kier molecular flexibility index (Phi) is 44.1. The number of esters is 1. The summed E-state index contributed by atoms with van der Waals surface area (Å²) in [6, 6.07) is 0. The average Bonchev–Trinajstić information content (AvgIpc) is 3.21. The number of carbonyl (C=O) groups excluding carboxylic acids is 1. The van der Waals surface area contributed by atoms with Gasteiger partial charge in [0.05, 0.1) is 152 Å². The van der Waals surface area contributed by atoms with E-state index in [2.05, 4.69) is 6.92 Å². The van der Waals surface area contributed by atoms with Crippen LogP contribution in [0.15, 0.2) is 0 Å². The fourth-order valence-corrected chi connectivity index (χ4v) is 5.25. The molecule has 0 aromatic carbocycles. The second kappa shape index (κ2) is 46.6. The molecule has 0 bridgehead atoms. The molecular weight excluding hydrogens is 732 g/mol. The summed E-state index contributed by atoms with van der Waals surface area (Å²) in [7, 11) is 0. The molecule has 0 spiro atoms. The van der Waals surface area contributed by atoms with Gasteiger partial charge in [-0.05, 0) is 25.7 Å². The van der Waals surface area contributed by atoms with Crippen LogP contribution in [0.1, 0.15) is 90.4 Å². The van der Waals surface area contributed by atoms with Gasteiger partial charge in [-0.2, -0.15) is 0 Å². The van der Waals surface area contributed by atoms with Crippen LogP contribution in [0.2, 0.25) is 0 Å². The molecule has 1 atom stereocenters. The number of unbranched alkanes of at least 4 members (excludes halogenated alkanes) is 8. The van der Waals surface area contributed by atoms with Crippen molar-refractivity contribution < 1.29 is 71.1 Å². The summed E-state index contributed by atoms with van der Waals surface area (Å²) >= 11 is 0. The molecule has 334 valence electrons. The van der Waals surface area contributed by atoms with Crippen molar-refractivity contribution in [2.75, 3.05) is 165 Å². The molecule has 0 aromatic heterocycles. The van der Waals surface area contributed by atoms with E-state index in [4.69, 9.17) is 66.3 Å². The SMILES string of the molecule is CCCCCCCCCCCC(=O)OCCOCCOCCOCCOCCOCCOCCOCCOCCOCCOCCOCCOC1CCCCO1. The summed E-state index contributed by atoms with van der Waals surface area (Å²) in [5.41, 5.74) is 0. The van der Waals surface area contributed by atoms with Crippen LogP contribution in [-0.2, 0) is 71.1 Å². The number of carbonyl (C=O) groups is 1. The minimum absolute atomic E-state index is 0.0695. The van der Waals surface area contributed by atoms with E-state index in [1.54, 1.807) is 0 Å². The van der Waals surface area contributed by atoms with E-state index in [1.807, 2.05) is 0 Å². The molecule has 0 radical (unpaired) electrons. The van der Waals surface area contributed by atoms with Gasteiger partial charge in [-0.3, -0.25) is 4.79 Å². The standard InChI is InChI=1S/C41H80O15/c1-2-3-4-5-6-7-8-9-10-13-40(42)54-38-36-52-34-32-50-30-28-48-26-24-46-22-20-44-18-16-43-17-19-45-21-23-47-25-27-49-29-31-51-33-35-53-37-39-56-41-14-11-12-15-55-41/h41H,2-39H2,1H3. The zero-order chi connectivity index (χ0) is 39.9. The van der Waals surface area contributed by atoms with Crippen LogP contribution >= 0.6 is 0 Å². The molecule has 0 amide bonds. The first kappa shape index (κ1) is 53.0. The van der Waals surface area contributed by atoms with Gasteiger partial charge >= 0.3 is 5.97 Å². The van der Waals surface area contributed by atoms with Crippen LogP contribution in [0, 0.1) is 0 Å². The molecule has 1 saturated heterocycles. The Morgan fingerprint density at radius 1 is 0.411 bits per heavy atom. The van der Waals surface area contributed by atoms with Crippen LogP contribution in [0.5, 0.6) is 0 Å². The van der Waals surface area contributed by atoms with Gasteiger partial charge in [-0.1, -0.05) is 58.3 Å². The number of ether oxygens (including phenoxy) is 14. The minimum atomic E-state index is -0.137. The summed E-state index contributed by atoms with van der Waals surface area (Å²) < 4.78 is 76.8. The molecule has 56 heavy (non-hydrogen) atoms. The van der Waals surface area contributed by atoms with Gasteiger partial charge in [0.25, 0.3) is 0 Å². The van der Waals surface area contributed by atoms with Crippen LogP contribution in [0.4, 0.5) is 0 Å². The molecule has 15 heteroatoms. The van der Waals surface area contributed by atoms with Crippen LogP contribution in [-0.4, -0.2) is 177 Å². The van der Waals surface area contributed by atoms with Crippen molar-refractivity contribution in [1.82, 2.24) is 0 Å². The van der Waals surface area contributed by atoms with Gasteiger partial charge in [0.2, 0.25) is 0 Å². The highest BCUT2D eigenvalue weighted by atomic mass is 16.7. The number of hydrogen-bond acceptors (Lipinski definition) is 15. The second-order valence-electron chi connectivity index (χ2n) is 13.2. The third-order valence-electron chi connectivity index (χ3n) is 8.36. The average molecular weight is 813 g/mol. The molecule has 1 aliphatic rings. The molecule has 15 nitrogen and oxygen atoms in total. The van der Waals surface area contributed by atoms with Crippen molar-refractivity contribution in [3.8, 4) is 0 Å². The highest BCUT2D eigenvalue weighted by Crippen LogP contribution is 2.13. The van der Waals surface area contributed by atoms with E-state index in [9.17, 15) is 4.79 Å². The lowest BCUT2D eigenvalue weighted by atomic mass is 10.1. The van der Waals surface area contributed by atoms with Crippen molar-refractivity contribution in [2.45, 2.75) is 96.7 Å². The Morgan fingerprint density at radius 3 is 1.07 bits per heavy atom. The third kappa shape index (κ3) is 42.6. The zero-order valence-corrected chi connectivity index (χ0v) is 35.1. The van der Waals surface area contributed by atoms with Gasteiger partial charge in [0, 0.05) is 13.0 Å². The molecule has 0 saturated carbocycles. The first-order chi connectivity index (χ1) is 27.8. The molecular formula is C41H80O15. The first-order valence-electron chi connectivity index (χ1n) is 21.6. The Morgan fingerprint density at radius 2 is 0.732 bits per heavy atom. The van der Waals surface area contributed by atoms with Crippen molar-refractivity contribution in [2.24, 2.45) is 0 Å². The van der Waals surface area contributed by atoms with Gasteiger partial charge in [-0.15, -0.1) is 0 Å². The van der Waals surface area contributed by atoms with Gasteiger partial charge < -0.3 is 66.3 Å². The molecule has 1 fully saturated rings. The zero-order valence-electron chi connectivity index (χ0n) is 35.1. The molecule has 0 aromatic rings. The largest absolute Gasteiger partial charge is 0.463 e. The molecule has 1 rings (SSSR count). The van der Waals surface area contributed by atoms with Gasteiger partial charge in [0.15, 0.2) is 6.29 Å².